The van der Waals surface area contributed by atoms with E-state index < -0.39 is 0 Å². The van der Waals surface area contributed by atoms with Crippen molar-refractivity contribution in [3.05, 3.63) is 40.9 Å². The molecule has 2 N–H and O–H groups in total. The maximum atomic E-state index is 11.7. The van der Waals surface area contributed by atoms with Gasteiger partial charge in [-0.2, -0.15) is 5.10 Å². The average Bonchev–Trinajstić information content (AvgIpc) is 2.83. The van der Waals surface area contributed by atoms with Crippen LogP contribution < -0.4 is 11.3 Å². The van der Waals surface area contributed by atoms with Crippen molar-refractivity contribution in [2.24, 2.45) is 5.73 Å². The highest BCUT2D eigenvalue weighted by molar-refractivity contribution is 5.50. The first-order chi connectivity index (χ1) is 8.22. The summed E-state index contributed by atoms with van der Waals surface area (Å²) in [4.78, 5) is 11.7. The van der Waals surface area contributed by atoms with Gasteiger partial charge in [-0.25, -0.2) is 4.68 Å². The molecule has 90 valence electrons. The molecule has 0 radical (unpaired) electrons. The van der Waals surface area contributed by atoms with E-state index in [1.54, 1.807) is 18.4 Å². The van der Waals surface area contributed by atoms with Gasteiger partial charge in [0.25, 0.3) is 5.56 Å². The van der Waals surface area contributed by atoms with Crippen LogP contribution in [0.2, 0.25) is 0 Å². The van der Waals surface area contributed by atoms with E-state index in [4.69, 9.17) is 10.2 Å². The third-order valence-electron chi connectivity index (χ3n) is 2.60. The van der Waals surface area contributed by atoms with Gasteiger partial charge < -0.3 is 10.2 Å². The number of aromatic nitrogens is 2. The molecular formula is C12H15N3O2. The van der Waals surface area contributed by atoms with E-state index in [-0.39, 0.29) is 11.6 Å². The number of furan rings is 1. The van der Waals surface area contributed by atoms with Gasteiger partial charge in [0.05, 0.1) is 12.3 Å². The van der Waals surface area contributed by atoms with Crippen molar-refractivity contribution in [3.8, 4) is 11.5 Å². The first kappa shape index (κ1) is 11.6. The van der Waals surface area contributed by atoms with E-state index in [2.05, 4.69) is 5.10 Å². The number of nitrogens with two attached hydrogens (primary N) is 1. The molecule has 0 aliphatic carbocycles. The summed E-state index contributed by atoms with van der Waals surface area (Å²) in [5, 5.41) is 4.29. The van der Waals surface area contributed by atoms with Gasteiger partial charge in [0.15, 0.2) is 5.76 Å². The van der Waals surface area contributed by atoms with E-state index in [9.17, 15) is 4.79 Å². The van der Waals surface area contributed by atoms with E-state index >= 15 is 0 Å². The van der Waals surface area contributed by atoms with Crippen LogP contribution in [0.25, 0.3) is 11.5 Å². The lowest BCUT2D eigenvalue weighted by atomic mass is 10.2. The van der Waals surface area contributed by atoms with Crippen molar-refractivity contribution in [3.63, 3.8) is 0 Å². The monoisotopic (exact) mass is 233 g/mol. The standard InChI is InChI=1S/C12H15N3O2/c1-9(6-7-13)15-12(16)5-4-10(14-15)11-3-2-8-17-11/h2-5,8-9H,6-7,13H2,1H3/t9-/m1/s1. The Morgan fingerprint density at radius 3 is 2.94 bits per heavy atom. The first-order valence-electron chi connectivity index (χ1n) is 5.56. The zero-order valence-corrected chi connectivity index (χ0v) is 9.67. The maximum Gasteiger partial charge on any atom is 0.267 e. The smallest absolute Gasteiger partial charge is 0.267 e. The molecule has 1 atom stereocenters. The van der Waals surface area contributed by atoms with Gasteiger partial charge in [-0.1, -0.05) is 0 Å². The van der Waals surface area contributed by atoms with Crippen LogP contribution in [-0.2, 0) is 0 Å². The molecule has 17 heavy (non-hydrogen) atoms. The molecule has 2 aromatic rings. The average molecular weight is 233 g/mol. The van der Waals surface area contributed by atoms with E-state index in [0.29, 0.717) is 24.4 Å². The van der Waals surface area contributed by atoms with Crippen LogP contribution in [-0.4, -0.2) is 16.3 Å². The molecule has 0 aliphatic heterocycles. The Balaban J connectivity index is 2.39. The lowest BCUT2D eigenvalue weighted by Crippen LogP contribution is -2.26. The van der Waals surface area contributed by atoms with Crippen LogP contribution >= 0.6 is 0 Å². The molecule has 0 bridgehead atoms. The largest absolute Gasteiger partial charge is 0.463 e. The fourth-order valence-electron chi connectivity index (χ4n) is 1.66. The van der Waals surface area contributed by atoms with Gasteiger partial charge in [-0.15, -0.1) is 0 Å². The van der Waals surface area contributed by atoms with E-state index in [1.165, 1.54) is 10.7 Å². The molecule has 0 unspecified atom stereocenters. The van der Waals surface area contributed by atoms with Crippen molar-refractivity contribution < 1.29 is 4.42 Å². The molecule has 2 rings (SSSR count). The SMILES string of the molecule is C[C@H](CCN)n1nc(-c2ccco2)ccc1=O. The highest BCUT2D eigenvalue weighted by atomic mass is 16.3. The second-order valence-electron chi connectivity index (χ2n) is 3.91. The Bertz CT molecular complexity index is 531. The predicted octanol–water partition coefficient (Wildman–Crippen LogP) is 1.41. The minimum Gasteiger partial charge on any atom is -0.463 e. The van der Waals surface area contributed by atoms with Crippen molar-refractivity contribution in [1.29, 1.82) is 0 Å². The number of nitrogens with zero attached hydrogens (tertiary/aromatic N) is 2. The highest BCUT2D eigenvalue weighted by Gasteiger charge is 2.10. The first-order valence-corrected chi connectivity index (χ1v) is 5.56. The van der Waals surface area contributed by atoms with Crippen LogP contribution in [0.1, 0.15) is 19.4 Å². The Morgan fingerprint density at radius 1 is 1.47 bits per heavy atom. The van der Waals surface area contributed by atoms with E-state index in [1.807, 2.05) is 13.0 Å². The summed E-state index contributed by atoms with van der Waals surface area (Å²) in [5.41, 5.74) is 6.02. The molecule has 0 amide bonds. The maximum absolute atomic E-state index is 11.7. The molecule has 5 heteroatoms. The Labute approximate surface area is 98.9 Å². The molecule has 2 heterocycles. The summed E-state index contributed by atoms with van der Waals surface area (Å²) in [6.07, 6.45) is 2.30. The summed E-state index contributed by atoms with van der Waals surface area (Å²) >= 11 is 0. The number of rotatable bonds is 4. The van der Waals surface area contributed by atoms with Crippen molar-refractivity contribution in [2.45, 2.75) is 19.4 Å². The molecule has 0 spiro atoms. The Morgan fingerprint density at radius 2 is 2.29 bits per heavy atom. The minimum absolute atomic E-state index is 0.0117. The topological polar surface area (TPSA) is 74.1 Å². The molecule has 0 saturated carbocycles. The third-order valence-corrected chi connectivity index (χ3v) is 2.60. The second kappa shape index (κ2) is 4.97. The normalized spacial score (nSPS) is 12.6. The summed E-state index contributed by atoms with van der Waals surface area (Å²) in [7, 11) is 0. The zero-order chi connectivity index (χ0) is 12.3. The van der Waals surface area contributed by atoms with Crippen LogP contribution in [0.15, 0.2) is 39.7 Å². The lowest BCUT2D eigenvalue weighted by Gasteiger charge is -2.12. The molecule has 2 aromatic heterocycles. The van der Waals surface area contributed by atoms with Crippen LogP contribution in [0.3, 0.4) is 0 Å². The summed E-state index contributed by atoms with van der Waals surface area (Å²) < 4.78 is 6.70. The van der Waals surface area contributed by atoms with Crippen molar-refractivity contribution in [1.82, 2.24) is 9.78 Å². The molecular weight excluding hydrogens is 218 g/mol. The Hall–Kier alpha value is -1.88. The predicted molar refractivity (Wildman–Crippen MR) is 64.6 cm³/mol. The van der Waals surface area contributed by atoms with Gasteiger partial charge >= 0.3 is 0 Å². The van der Waals surface area contributed by atoms with Gasteiger partial charge in [0.1, 0.15) is 5.69 Å². The van der Waals surface area contributed by atoms with Gasteiger partial charge in [0, 0.05) is 6.07 Å². The van der Waals surface area contributed by atoms with Crippen LogP contribution in [0.5, 0.6) is 0 Å². The summed E-state index contributed by atoms with van der Waals surface area (Å²) in [6, 6.07) is 6.74. The molecule has 0 fully saturated rings. The van der Waals surface area contributed by atoms with Crippen molar-refractivity contribution >= 4 is 0 Å². The molecule has 0 aliphatic rings. The number of hydrogen-bond donors (Lipinski definition) is 1. The van der Waals surface area contributed by atoms with Crippen LogP contribution in [0.4, 0.5) is 0 Å². The van der Waals surface area contributed by atoms with Gasteiger partial charge in [0.2, 0.25) is 0 Å². The Kier molecular flexibility index (Phi) is 3.39. The van der Waals surface area contributed by atoms with E-state index in [0.717, 1.165) is 0 Å². The van der Waals surface area contributed by atoms with Gasteiger partial charge in [-0.05, 0) is 38.1 Å². The fraction of sp³-hybridized carbons (Fsp3) is 0.333. The van der Waals surface area contributed by atoms with Crippen LogP contribution in [0, 0.1) is 0 Å². The zero-order valence-electron chi connectivity index (χ0n) is 9.67. The molecule has 5 nitrogen and oxygen atoms in total. The second-order valence-corrected chi connectivity index (χ2v) is 3.91. The molecule has 0 saturated heterocycles. The fourth-order valence-corrected chi connectivity index (χ4v) is 1.66. The van der Waals surface area contributed by atoms with Gasteiger partial charge in [-0.3, -0.25) is 4.79 Å². The quantitative estimate of drug-likeness (QED) is 0.866. The third kappa shape index (κ3) is 2.45. The molecule has 0 aromatic carbocycles. The lowest BCUT2D eigenvalue weighted by molar-refractivity contribution is 0.442. The highest BCUT2D eigenvalue weighted by Crippen LogP contribution is 2.16. The van der Waals surface area contributed by atoms with Crippen molar-refractivity contribution in [2.75, 3.05) is 6.54 Å². The summed E-state index contributed by atoms with van der Waals surface area (Å²) in [5.74, 6) is 0.652. The minimum atomic E-state index is -0.124. The number of hydrogen-bond acceptors (Lipinski definition) is 4. The summed E-state index contributed by atoms with van der Waals surface area (Å²) in [6.45, 7) is 2.45.